The molecular formula is C28H43F6N4OP2Ru+. The molecule has 0 unspecified atom stereocenters. The Morgan fingerprint density at radius 3 is 1.36 bits per heavy atom. The molecule has 0 spiro atoms. The third-order valence-electron chi connectivity index (χ3n) is 7.42. The summed E-state index contributed by atoms with van der Waals surface area (Å²) in [5, 5.41) is 11.1. The molecule has 2 aromatic carbocycles. The molecule has 0 aliphatic carbocycles. The van der Waals surface area contributed by atoms with Crippen LogP contribution >= 0.6 is 15.7 Å². The van der Waals surface area contributed by atoms with E-state index in [0.29, 0.717) is 5.56 Å². The summed E-state index contributed by atoms with van der Waals surface area (Å²) in [5.41, 5.74) is 9.40. The number of rotatable bonds is 3. The molecule has 0 radical (unpaired) electrons. The molecule has 4 bridgehead atoms. The summed E-state index contributed by atoms with van der Waals surface area (Å²) in [7, 11) is -10.6. The summed E-state index contributed by atoms with van der Waals surface area (Å²) >= 11 is 0. The Kier molecular flexibility index (Phi) is 13.7. The number of hydrogen-bond acceptors (Lipinski definition) is 5. The van der Waals surface area contributed by atoms with Crippen LogP contribution in [0.3, 0.4) is 0 Å². The van der Waals surface area contributed by atoms with Gasteiger partial charge in [-0.2, -0.15) is 0 Å². The van der Waals surface area contributed by atoms with E-state index in [2.05, 4.69) is 68.2 Å². The standard InChI is InChI=1S/C12H18.C10H13NO.C6H12N3P.F6P.Ru/c1-7-8(2)10(4)12(6)11(5)9(7)3;1-2-7-11-8-9-5-3-4-6-10(9)12;1-7-2-9-3-8(1)5-10(4-7)6-9;1-7(2,3,4,5)6;/h1-6H3;3-6,8,12H,2,7H2,1H3;1-6H2;;/q;;;-1;+2. The predicted molar refractivity (Wildman–Crippen MR) is 160 cm³/mol. The maximum atomic E-state index is 11.1. The van der Waals surface area contributed by atoms with Gasteiger partial charge in [-0.15, -0.1) is 5.75 Å². The molecule has 4 heterocycles. The van der Waals surface area contributed by atoms with E-state index in [9.17, 15) is 30.3 Å². The van der Waals surface area contributed by atoms with Gasteiger partial charge in [0.2, 0.25) is 0 Å². The van der Waals surface area contributed by atoms with Gasteiger partial charge in [0.1, 0.15) is 18.9 Å². The summed E-state index contributed by atoms with van der Waals surface area (Å²) in [6, 6.07) is 6.91. The van der Waals surface area contributed by atoms with Crippen molar-refractivity contribution in [2.24, 2.45) is 4.99 Å². The maximum absolute atomic E-state index is 11.1. The normalized spacial score (nSPS) is 23.6. The van der Waals surface area contributed by atoms with Crippen LogP contribution in [0, 0.1) is 41.5 Å². The fourth-order valence-electron chi connectivity index (χ4n) is 4.95. The molecule has 4 aliphatic rings. The van der Waals surface area contributed by atoms with Gasteiger partial charge in [-0.25, -0.2) is 14.7 Å². The van der Waals surface area contributed by atoms with Gasteiger partial charge in [0.15, 0.2) is 0 Å². The summed E-state index contributed by atoms with van der Waals surface area (Å²) < 4.78 is 59.2. The topological polar surface area (TPSA) is 45.1 Å². The molecule has 6 rings (SSSR count). The Balaban J connectivity index is 0.000000283. The zero-order chi connectivity index (χ0) is 31.2. The summed E-state index contributed by atoms with van der Waals surface area (Å²) in [4.78, 5) is 11.9. The Labute approximate surface area is 260 Å². The van der Waals surface area contributed by atoms with Crippen molar-refractivity contribution in [2.75, 3.05) is 45.4 Å². The van der Waals surface area contributed by atoms with Gasteiger partial charge in [0.25, 0.3) is 0 Å². The smallest absolute Gasteiger partial charge is 2.00 e. The SMILES string of the molecule is C1N2CN3CN1C[PH+](C2)C3.CCCN=Cc1ccccc1[O-].Cc1c(C)c(C)c(C)c(C)c1C.F[P-](F)(F)(F)(F)F.[Ru+2]. The molecule has 4 fully saturated rings. The first kappa shape index (κ1) is 38.9. The summed E-state index contributed by atoms with van der Waals surface area (Å²) in [6.45, 7) is 19.9. The van der Waals surface area contributed by atoms with E-state index >= 15 is 0 Å². The molecule has 240 valence electrons. The van der Waals surface area contributed by atoms with Crippen LogP contribution < -0.4 is 5.11 Å². The van der Waals surface area contributed by atoms with E-state index in [4.69, 9.17) is 0 Å². The maximum Gasteiger partial charge on any atom is 2.00 e. The molecular weight excluding hydrogens is 685 g/mol. The van der Waals surface area contributed by atoms with Crippen LogP contribution in [0.15, 0.2) is 29.3 Å². The van der Waals surface area contributed by atoms with Crippen molar-refractivity contribution in [3.63, 3.8) is 0 Å². The average Bonchev–Trinajstić information content (AvgIpc) is 2.85. The number of hydrogen-bond donors (Lipinski definition) is 0. The molecule has 42 heavy (non-hydrogen) atoms. The minimum absolute atomic E-state index is 0. The van der Waals surface area contributed by atoms with Gasteiger partial charge in [-0.1, -0.05) is 31.2 Å². The van der Waals surface area contributed by atoms with Crippen molar-refractivity contribution in [3.8, 4) is 5.75 Å². The van der Waals surface area contributed by atoms with E-state index in [-0.39, 0.29) is 33.1 Å². The molecule has 0 N–H and O–H groups in total. The van der Waals surface area contributed by atoms with Gasteiger partial charge >= 0.3 is 52.5 Å². The second kappa shape index (κ2) is 14.8. The monoisotopic (exact) mass is 729 g/mol. The molecule has 5 nitrogen and oxygen atoms in total. The van der Waals surface area contributed by atoms with Crippen LogP contribution in [0.1, 0.15) is 52.3 Å². The molecule has 2 aromatic rings. The molecule has 4 aliphatic heterocycles. The zero-order valence-electron chi connectivity index (χ0n) is 25.3. The van der Waals surface area contributed by atoms with Crippen LogP contribution in [0.25, 0.3) is 0 Å². The first-order valence-electron chi connectivity index (χ1n) is 13.5. The van der Waals surface area contributed by atoms with E-state index in [1.54, 1.807) is 24.4 Å². The Morgan fingerprint density at radius 1 is 0.738 bits per heavy atom. The number of aliphatic imine (C=N–C) groups is 1. The fraction of sp³-hybridized carbons (Fsp3) is 0.536. The van der Waals surface area contributed by atoms with E-state index in [0.717, 1.165) is 13.0 Å². The molecule has 0 amide bonds. The second-order valence-electron chi connectivity index (χ2n) is 10.9. The summed E-state index contributed by atoms with van der Waals surface area (Å²) in [6.07, 6.45) is 7.02. The fourth-order valence-corrected chi connectivity index (χ4v) is 7.75. The van der Waals surface area contributed by atoms with Crippen molar-refractivity contribution < 1.29 is 49.8 Å². The summed E-state index contributed by atoms with van der Waals surface area (Å²) in [5.74, 6) is 0.0392. The van der Waals surface area contributed by atoms with Crippen LogP contribution in [0.5, 0.6) is 5.75 Å². The molecule has 0 saturated carbocycles. The predicted octanol–water partition coefficient (Wildman–Crippen LogP) is 8.40. The molecule has 14 heteroatoms. The van der Waals surface area contributed by atoms with Crippen molar-refractivity contribution in [3.05, 3.63) is 63.2 Å². The van der Waals surface area contributed by atoms with Gasteiger partial charge in [0, 0.05) is 20.7 Å². The Hall–Kier alpha value is -1.15. The largest absolute Gasteiger partial charge is 2.00 e. The number of para-hydroxylation sites is 1. The van der Waals surface area contributed by atoms with Crippen LogP contribution in [0.4, 0.5) is 25.2 Å². The molecule has 0 atom stereocenters. The van der Waals surface area contributed by atoms with Crippen LogP contribution in [0.2, 0.25) is 0 Å². The van der Waals surface area contributed by atoms with E-state index in [1.165, 1.54) is 72.2 Å². The minimum atomic E-state index is -10.7. The number of nitrogens with zero attached hydrogens (tertiary/aromatic N) is 4. The zero-order valence-corrected chi connectivity index (χ0v) is 28.9. The van der Waals surface area contributed by atoms with Gasteiger partial charge < -0.3 is 5.11 Å². The number of halogens is 6. The Bertz CT molecular complexity index is 1060. The molecule has 0 aromatic heterocycles. The Morgan fingerprint density at radius 2 is 1.07 bits per heavy atom. The van der Waals surface area contributed by atoms with Crippen LogP contribution in [-0.2, 0) is 19.5 Å². The van der Waals surface area contributed by atoms with Crippen molar-refractivity contribution in [1.29, 1.82) is 0 Å². The molecule has 4 saturated heterocycles. The van der Waals surface area contributed by atoms with Gasteiger partial charge in [-0.3, -0.25) is 4.99 Å². The third kappa shape index (κ3) is 14.1. The van der Waals surface area contributed by atoms with Gasteiger partial charge in [0.05, 0.1) is 20.0 Å². The first-order valence-corrected chi connectivity index (χ1v) is 17.7. The van der Waals surface area contributed by atoms with Crippen molar-refractivity contribution in [2.45, 2.75) is 54.9 Å². The third-order valence-corrected chi connectivity index (χ3v) is 10.1. The minimum Gasteiger partial charge on any atom is 2.00 e. The number of benzene rings is 2. The van der Waals surface area contributed by atoms with Crippen molar-refractivity contribution >= 4 is 21.9 Å². The van der Waals surface area contributed by atoms with Crippen molar-refractivity contribution in [1.82, 2.24) is 14.7 Å². The average molecular weight is 729 g/mol. The second-order valence-corrected chi connectivity index (χ2v) is 15.3. The van der Waals surface area contributed by atoms with Gasteiger partial charge in [-0.05, 0) is 86.9 Å². The first-order chi connectivity index (χ1) is 18.7. The van der Waals surface area contributed by atoms with E-state index < -0.39 is 7.81 Å². The quantitative estimate of drug-likeness (QED) is 0.138. The van der Waals surface area contributed by atoms with E-state index in [1.807, 2.05) is 6.07 Å². The van der Waals surface area contributed by atoms with Crippen LogP contribution in [-0.4, -0.2) is 66.3 Å².